The number of ether oxygens (including phenoxy) is 1. The zero-order valence-corrected chi connectivity index (χ0v) is 13.5. The van der Waals surface area contributed by atoms with Gasteiger partial charge >= 0.3 is 0 Å². The second kappa shape index (κ2) is 6.43. The Bertz CT molecular complexity index is 980. The summed E-state index contributed by atoms with van der Waals surface area (Å²) in [5.41, 5.74) is 3.80. The third kappa shape index (κ3) is 2.80. The predicted octanol–water partition coefficient (Wildman–Crippen LogP) is 3.90. The zero-order chi connectivity index (χ0) is 17.1. The van der Waals surface area contributed by atoms with E-state index in [0.717, 1.165) is 22.4 Å². The Balaban J connectivity index is 2.22. The van der Waals surface area contributed by atoms with Gasteiger partial charge in [-0.1, -0.05) is 24.3 Å². The van der Waals surface area contributed by atoms with Gasteiger partial charge in [0.25, 0.3) is 5.56 Å². The van der Waals surface area contributed by atoms with E-state index in [-0.39, 0.29) is 11.1 Å². The van der Waals surface area contributed by atoms with Crippen LogP contribution in [0, 0.1) is 18.3 Å². The van der Waals surface area contributed by atoms with E-state index < -0.39 is 0 Å². The van der Waals surface area contributed by atoms with Gasteiger partial charge in [0.2, 0.25) is 0 Å². The van der Waals surface area contributed by atoms with Crippen molar-refractivity contribution in [3.8, 4) is 34.2 Å². The van der Waals surface area contributed by atoms with E-state index in [1.54, 1.807) is 7.11 Å². The molecular formula is C20H16N2O2. The van der Waals surface area contributed by atoms with Gasteiger partial charge in [0, 0.05) is 11.3 Å². The summed E-state index contributed by atoms with van der Waals surface area (Å²) in [5.74, 6) is 0.744. The zero-order valence-electron chi connectivity index (χ0n) is 13.5. The first kappa shape index (κ1) is 15.6. The fraction of sp³-hybridized carbons (Fsp3) is 0.100. The molecule has 2 aromatic carbocycles. The molecule has 0 aliphatic rings. The van der Waals surface area contributed by atoms with Gasteiger partial charge in [0.05, 0.1) is 7.11 Å². The number of aromatic amines is 1. The smallest absolute Gasteiger partial charge is 0.266 e. The van der Waals surface area contributed by atoms with E-state index >= 15 is 0 Å². The van der Waals surface area contributed by atoms with Crippen LogP contribution < -0.4 is 10.3 Å². The maximum atomic E-state index is 12.4. The van der Waals surface area contributed by atoms with Crippen LogP contribution >= 0.6 is 0 Å². The number of benzene rings is 2. The van der Waals surface area contributed by atoms with Crippen molar-refractivity contribution >= 4 is 0 Å². The van der Waals surface area contributed by atoms with Gasteiger partial charge in [-0.3, -0.25) is 4.79 Å². The molecule has 24 heavy (non-hydrogen) atoms. The molecule has 4 nitrogen and oxygen atoms in total. The summed E-state index contributed by atoms with van der Waals surface area (Å²) in [5, 5.41) is 9.39. The highest BCUT2D eigenvalue weighted by Gasteiger charge is 2.13. The fourth-order valence-electron chi connectivity index (χ4n) is 2.68. The number of aryl methyl sites for hydroxylation is 1. The lowest BCUT2D eigenvalue weighted by Crippen LogP contribution is -2.13. The molecule has 0 atom stereocenters. The predicted molar refractivity (Wildman–Crippen MR) is 93.9 cm³/mol. The number of nitrogens with one attached hydrogen (secondary N) is 1. The van der Waals surface area contributed by atoms with Crippen LogP contribution in [-0.4, -0.2) is 12.1 Å². The summed E-state index contributed by atoms with van der Waals surface area (Å²) in [6.45, 7) is 1.96. The molecule has 0 saturated heterocycles. The van der Waals surface area contributed by atoms with Crippen molar-refractivity contribution in [3.05, 3.63) is 76.1 Å². The SMILES string of the molecule is COc1ccc(-c2cc(-c3ccccc3C)c(C#N)c(=O)[nH]2)cc1. The van der Waals surface area contributed by atoms with Crippen molar-refractivity contribution in [3.63, 3.8) is 0 Å². The molecule has 0 saturated carbocycles. The second-order valence-electron chi connectivity index (χ2n) is 5.46. The molecule has 118 valence electrons. The van der Waals surface area contributed by atoms with Crippen molar-refractivity contribution in [2.75, 3.05) is 7.11 Å². The summed E-state index contributed by atoms with van der Waals surface area (Å²) >= 11 is 0. The van der Waals surface area contributed by atoms with Gasteiger partial charge in [-0.05, 0) is 53.9 Å². The van der Waals surface area contributed by atoms with Crippen LogP contribution in [-0.2, 0) is 0 Å². The summed E-state index contributed by atoms with van der Waals surface area (Å²) in [4.78, 5) is 15.2. The normalized spacial score (nSPS) is 10.2. The molecular weight excluding hydrogens is 300 g/mol. The van der Waals surface area contributed by atoms with Crippen LogP contribution in [0.2, 0.25) is 0 Å². The average Bonchev–Trinajstić information content (AvgIpc) is 2.61. The first-order valence-corrected chi connectivity index (χ1v) is 7.52. The highest BCUT2D eigenvalue weighted by Crippen LogP contribution is 2.29. The van der Waals surface area contributed by atoms with Crippen LogP contribution in [0.3, 0.4) is 0 Å². The number of nitriles is 1. The van der Waals surface area contributed by atoms with Gasteiger partial charge < -0.3 is 9.72 Å². The molecule has 4 heteroatoms. The van der Waals surface area contributed by atoms with Crippen molar-refractivity contribution in [2.24, 2.45) is 0 Å². The Labute approximate surface area is 140 Å². The molecule has 0 amide bonds. The number of rotatable bonds is 3. The van der Waals surface area contributed by atoms with E-state index in [1.807, 2.05) is 67.6 Å². The summed E-state index contributed by atoms with van der Waals surface area (Å²) in [6, 6.07) is 19.0. The molecule has 0 bridgehead atoms. The lowest BCUT2D eigenvalue weighted by molar-refractivity contribution is 0.415. The molecule has 3 aromatic rings. The molecule has 0 unspecified atom stereocenters. The third-order valence-corrected chi connectivity index (χ3v) is 3.98. The number of hydrogen-bond donors (Lipinski definition) is 1. The Morgan fingerprint density at radius 1 is 1.04 bits per heavy atom. The first-order valence-electron chi connectivity index (χ1n) is 7.52. The van der Waals surface area contributed by atoms with E-state index in [9.17, 15) is 10.1 Å². The Morgan fingerprint density at radius 2 is 1.75 bits per heavy atom. The van der Waals surface area contributed by atoms with Crippen LogP contribution in [0.25, 0.3) is 22.4 Å². The molecule has 3 rings (SSSR count). The molecule has 0 spiro atoms. The molecule has 0 aliphatic heterocycles. The average molecular weight is 316 g/mol. The number of methoxy groups -OCH3 is 1. The minimum atomic E-state index is -0.385. The lowest BCUT2D eigenvalue weighted by atomic mass is 9.96. The van der Waals surface area contributed by atoms with E-state index in [0.29, 0.717) is 11.3 Å². The van der Waals surface area contributed by atoms with Gasteiger partial charge in [-0.25, -0.2) is 0 Å². The molecule has 0 aliphatic carbocycles. The van der Waals surface area contributed by atoms with Crippen LogP contribution in [0.4, 0.5) is 0 Å². The number of hydrogen-bond acceptors (Lipinski definition) is 3. The first-order chi connectivity index (χ1) is 11.6. The Hall–Kier alpha value is -3.32. The monoisotopic (exact) mass is 316 g/mol. The summed E-state index contributed by atoms with van der Waals surface area (Å²) in [6.07, 6.45) is 0. The highest BCUT2D eigenvalue weighted by atomic mass is 16.5. The van der Waals surface area contributed by atoms with Crippen LogP contribution in [0.5, 0.6) is 5.75 Å². The molecule has 1 aromatic heterocycles. The van der Waals surface area contributed by atoms with Gasteiger partial charge in [0.15, 0.2) is 0 Å². The number of nitrogens with zero attached hydrogens (tertiary/aromatic N) is 1. The van der Waals surface area contributed by atoms with Crippen molar-refractivity contribution in [1.82, 2.24) is 4.98 Å². The lowest BCUT2D eigenvalue weighted by Gasteiger charge is -2.10. The second-order valence-corrected chi connectivity index (χ2v) is 5.46. The highest BCUT2D eigenvalue weighted by molar-refractivity contribution is 5.77. The van der Waals surface area contributed by atoms with Crippen molar-refractivity contribution < 1.29 is 4.74 Å². The minimum absolute atomic E-state index is 0.126. The molecule has 0 radical (unpaired) electrons. The number of H-pyrrole nitrogens is 1. The Kier molecular flexibility index (Phi) is 4.17. The quantitative estimate of drug-likeness (QED) is 0.797. The third-order valence-electron chi connectivity index (χ3n) is 3.98. The largest absolute Gasteiger partial charge is 0.497 e. The van der Waals surface area contributed by atoms with Gasteiger partial charge in [0.1, 0.15) is 17.4 Å². The van der Waals surface area contributed by atoms with E-state index in [4.69, 9.17) is 4.74 Å². The minimum Gasteiger partial charge on any atom is -0.497 e. The van der Waals surface area contributed by atoms with Crippen LogP contribution in [0.15, 0.2) is 59.4 Å². The van der Waals surface area contributed by atoms with E-state index in [1.165, 1.54) is 0 Å². The fourth-order valence-corrected chi connectivity index (χ4v) is 2.68. The van der Waals surface area contributed by atoms with Crippen molar-refractivity contribution in [2.45, 2.75) is 6.92 Å². The standard InChI is InChI=1S/C20H16N2O2/c1-13-5-3-4-6-16(13)17-11-19(22-20(23)18(17)12-21)14-7-9-15(24-2)10-8-14/h3-11H,1-2H3,(H,22,23). The van der Waals surface area contributed by atoms with E-state index in [2.05, 4.69) is 4.98 Å². The maximum Gasteiger partial charge on any atom is 0.266 e. The molecule has 1 N–H and O–H groups in total. The van der Waals surface area contributed by atoms with Crippen molar-refractivity contribution in [1.29, 1.82) is 5.26 Å². The van der Waals surface area contributed by atoms with Crippen LogP contribution in [0.1, 0.15) is 11.1 Å². The summed E-state index contributed by atoms with van der Waals surface area (Å²) < 4.78 is 5.16. The topological polar surface area (TPSA) is 65.9 Å². The summed E-state index contributed by atoms with van der Waals surface area (Å²) in [7, 11) is 1.61. The number of aromatic nitrogens is 1. The molecule has 0 fully saturated rings. The molecule has 1 heterocycles. The van der Waals surface area contributed by atoms with Gasteiger partial charge in [-0.15, -0.1) is 0 Å². The number of pyridine rings is 1. The maximum absolute atomic E-state index is 12.4. The Morgan fingerprint density at radius 3 is 2.38 bits per heavy atom. The van der Waals surface area contributed by atoms with Gasteiger partial charge in [-0.2, -0.15) is 5.26 Å².